The molecule has 7 nitrogen and oxygen atoms in total. The van der Waals surface area contributed by atoms with E-state index in [-0.39, 0.29) is 29.5 Å². The number of hydrogen-bond acceptors (Lipinski definition) is 5. The van der Waals surface area contributed by atoms with Crippen molar-refractivity contribution >= 4 is 17.8 Å². The normalized spacial score (nSPS) is 21.7. The van der Waals surface area contributed by atoms with Gasteiger partial charge in [-0.3, -0.25) is 4.79 Å². The highest BCUT2D eigenvalue weighted by molar-refractivity contribution is 5.99. The lowest BCUT2D eigenvalue weighted by Crippen LogP contribution is -2.51. The second-order valence-corrected chi connectivity index (χ2v) is 11.0. The van der Waals surface area contributed by atoms with E-state index < -0.39 is 24.8 Å². The average molecular weight is 575 g/mol. The van der Waals surface area contributed by atoms with Crippen molar-refractivity contribution in [1.82, 2.24) is 9.80 Å². The Balaban J connectivity index is 1.55. The third kappa shape index (κ3) is 7.40. The fourth-order valence-corrected chi connectivity index (χ4v) is 5.84. The van der Waals surface area contributed by atoms with Crippen molar-refractivity contribution in [2.45, 2.75) is 77.2 Å². The van der Waals surface area contributed by atoms with Crippen molar-refractivity contribution in [3.8, 4) is 5.75 Å². The molecule has 41 heavy (non-hydrogen) atoms. The number of fused-ring (bicyclic) bond motifs is 1. The number of ether oxygens (including phenoxy) is 2. The van der Waals surface area contributed by atoms with Crippen LogP contribution in [0.4, 0.5) is 18.0 Å². The lowest BCUT2D eigenvalue weighted by atomic mass is 9.83. The number of aryl methyl sites for hydroxylation is 1. The predicted octanol–water partition coefficient (Wildman–Crippen LogP) is 6.11. The first kappa shape index (κ1) is 30.4. The number of amides is 2. The molecule has 2 amide bonds. The summed E-state index contributed by atoms with van der Waals surface area (Å²) in [5.41, 5.74) is 2.94. The number of Topliss-reactive ketones (excluding diaryl/α,β-unsaturated/α-hetero) is 1. The first-order valence-corrected chi connectivity index (χ1v) is 14.0. The number of urea groups is 1. The van der Waals surface area contributed by atoms with E-state index in [0.717, 1.165) is 17.5 Å². The van der Waals surface area contributed by atoms with Crippen LogP contribution in [0.3, 0.4) is 0 Å². The first-order chi connectivity index (χ1) is 19.5. The standard InChI is InChI=1S/C31H37F3N2O5/c1-20-16-25(41-19-31(32,33)34)13-14-26(20)28(37)23-11-6-8-21(2)36(18-24-10-5-4-9-22(24)17-23)30(39)35-15-7-12-27(35)29(38)40-3/h4-5,9-10,13-14,16,21,23,27H,6-8,11-12,15,17-19H2,1-3H3/t21-,23?,27-/m1/s1. The van der Waals surface area contributed by atoms with Gasteiger partial charge in [0.05, 0.1) is 7.11 Å². The van der Waals surface area contributed by atoms with E-state index in [4.69, 9.17) is 9.47 Å². The molecule has 2 heterocycles. The highest BCUT2D eigenvalue weighted by Crippen LogP contribution is 2.30. The van der Waals surface area contributed by atoms with Gasteiger partial charge in [-0.1, -0.05) is 30.7 Å². The van der Waals surface area contributed by atoms with Crippen molar-refractivity contribution < 1.29 is 37.0 Å². The molecule has 2 aromatic rings. The SMILES string of the molecule is COC(=O)[C@H]1CCCN1C(=O)N1Cc2ccccc2CC(C(=O)c2ccc(OCC(F)(F)F)cc2C)CCC[C@H]1C. The first-order valence-electron chi connectivity index (χ1n) is 14.0. The molecule has 0 bridgehead atoms. The van der Waals surface area contributed by atoms with Crippen LogP contribution in [0.1, 0.15) is 66.1 Å². The van der Waals surface area contributed by atoms with E-state index in [1.165, 1.54) is 19.2 Å². The summed E-state index contributed by atoms with van der Waals surface area (Å²) in [6.45, 7) is 3.16. The van der Waals surface area contributed by atoms with Gasteiger partial charge in [0, 0.05) is 30.6 Å². The van der Waals surface area contributed by atoms with Gasteiger partial charge in [0.25, 0.3) is 0 Å². The minimum Gasteiger partial charge on any atom is -0.484 e. The number of ketones is 1. The average Bonchev–Trinajstić information content (AvgIpc) is 3.43. The molecule has 1 saturated heterocycles. The highest BCUT2D eigenvalue weighted by atomic mass is 19.4. The van der Waals surface area contributed by atoms with E-state index in [1.54, 1.807) is 17.9 Å². The third-order valence-electron chi connectivity index (χ3n) is 8.09. The van der Waals surface area contributed by atoms with Gasteiger partial charge >= 0.3 is 18.2 Å². The van der Waals surface area contributed by atoms with Crippen LogP contribution >= 0.6 is 0 Å². The fraction of sp³-hybridized carbons (Fsp3) is 0.516. The summed E-state index contributed by atoms with van der Waals surface area (Å²) in [6.07, 6.45) is -0.668. The van der Waals surface area contributed by atoms with Crippen LogP contribution in [0.2, 0.25) is 0 Å². The maximum atomic E-state index is 13.8. The van der Waals surface area contributed by atoms with E-state index >= 15 is 0 Å². The van der Waals surface area contributed by atoms with Crippen LogP contribution in [-0.2, 0) is 22.5 Å². The summed E-state index contributed by atoms with van der Waals surface area (Å²) >= 11 is 0. The molecule has 222 valence electrons. The third-order valence-corrected chi connectivity index (χ3v) is 8.09. The van der Waals surface area contributed by atoms with Crippen LogP contribution < -0.4 is 4.74 Å². The number of nitrogens with zero attached hydrogens (tertiary/aromatic N) is 2. The number of carbonyl (C=O) groups is 3. The van der Waals surface area contributed by atoms with Crippen LogP contribution in [0, 0.1) is 12.8 Å². The molecule has 0 spiro atoms. The number of carbonyl (C=O) groups excluding carboxylic acids is 3. The lowest BCUT2D eigenvalue weighted by Gasteiger charge is -2.36. The molecule has 1 unspecified atom stereocenters. The predicted molar refractivity (Wildman–Crippen MR) is 147 cm³/mol. The molecular weight excluding hydrogens is 537 g/mol. The fourth-order valence-electron chi connectivity index (χ4n) is 5.84. The van der Waals surface area contributed by atoms with Gasteiger partial charge < -0.3 is 19.3 Å². The monoisotopic (exact) mass is 574 g/mol. The number of benzene rings is 2. The van der Waals surface area contributed by atoms with Crippen molar-refractivity contribution in [2.24, 2.45) is 5.92 Å². The van der Waals surface area contributed by atoms with Crippen molar-refractivity contribution in [2.75, 3.05) is 20.3 Å². The number of alkyl halides is 3. The summed E-state index contributed by atoms with van der Waals surface area (Å²) in [4.78, 5) is 43.3. The number of likely N-dealkylation sites (tertiary alicyclic amines) is 1. The second-order valence-electron chi connectivity index (χ2n) is 11.0. The molecule has 4 rings (SSSR count). The summed E-state index contributed by atoms with van der Waals surface area (Å²) in [6, 6.07) is 11.3. The van der Waals surface area contributed by atoms with Crippen LogP contribution in [0.25, 0.3) is 0 Å². The molecule has 2 aliphatic rings. The zero-order valence-corrected chi connectivity index (χ0v) is 23.7. The molecule has 0 radical (unpaired) electrons. The molecule has 0 aliphatic carbocycles. The Bertz CT molecular complexity index is 1260. The maximum absolute atomic E-state index is 13.8. The smallest absolute Gasteiger partial charge is 0.422 e. The number of methoxy groups -OCH3 is 1. The van der Waals surface area contributed by atoms with Gasteiger partial charge in [-0.05, 0) is 80.8 Å². The Hall–Kier alpha value is -3.56. The molecule has 0 saturated carbocycles. The Morgan fingerprint density at radius 2 is 1.71 bits per heavy atom. The molecule has 2 aliphatic heterocycles. The Kier molecular flexibility index (Phi) is 9.60. The van der Waals surface area contributed by atoms with E-state index in [0.29, 0.717) is 56.3 Å². The Morgan fingerprint density at radius 1 is 0.976 bits per heavy atom. The van der Waals surface area contributed by atoms with E-state index in [1.807, 2.05) is 36.1 Å². The maximum Gasteiger partial charge on any atom is 0.422 e. The van der Waals surface area contributed by atoms with Crippen LogP contribution in [-0.4, -0.2) is 66.1 Å². The van der Waals surface area contributed by atoms with Gasteiger partial charge in [-0.25, -0.2) is 9.59 Å². The van der Waals surface area contributed by atoms with Gasteiger partial charge in [-0.15, -0.1) is 0 Å². The number of esters is 1. The van der Waals surface area contributed by atoms with Crippen molar-refractivity contribution in [1.29, 1.82) is 0 Å². The summed E-state index contributed by atoms with van der Waals surface area (Å²) in [5, 5.41) is 0. The molecule has 0 aromatic heterocycles. The van der Waals surface area contributed by atoms with Gasteiger partial charge in [0.15, 0.2) is 12.4 Å². The highest BCUT2D eigenvalue weighted by Gasteiger charge is 2.38. The van der Waals surface area contributed by atoms with E-state index in [9.17, 15) is 27.6 Å². The van der Waals surface area contributed by atoms with Gasteiger partial charge in [0.1, 0.15) is 11.8 Å². The number of hydrogen-bond donors (Lipinski definition) is 0. The van der Waals surface area contributed by atoms with E-state index in [2.05, 4.69) is 0 Å². The van der Waals surface area contributed by atoms with Crippen LogP contribution in [0.5, 0.6) is 5.75 Å². The van der Waals surface area contributed by atoms with Crippen molar-refractivity contribution in [3.05, 3.63) is 64.7 Å². The molecule has 0 N–H and O–H groups in total. The minimum absolute atomic E-state index is 0.0566. The summed E-state index contributed by atoms with van der Waals surface area (Å²) in [7, 11) is 1.33. The summed E-state index contributed by atoms with van der Waals surface area (Å²) in [5.74, 6) is -0.715. The van der Waals surface area contributed by atoms with Gasteiger partial charge in [0.2, 0.25) is 0 Å². The largest absolute Gasteiger partial charge is 0.484 e. The summed E-state index contributed by atoms with van der Waals surface area (Å²) < 4.78 is 47.5. The van der Waals surface area contributed by atoms with Crippen LogP contribution in [0.15, 0.2) is 42.5 Å². The molecule has 2 aromatic carbocycles. The lowest BCUT2D eigenvalue weighted by molar-refractivity contribution is -0.153. The topological polar surface area (TPSA) is 76.2 Å². The quantitative estimate of drug-likeness (QED) is 0.318. The Morgan fingerprint density at radius 3 is 2.39 bits per heavy atom. The molecule has 1 fully saturated rings. The van der Waals surface area contributed by atoms with Crippen molar-refractivity contribution in [3.63, 3.8) is 0 Å². The van der Waals surface area contributed by atoms with Gasteiger partial charge in [-0.2, -0.15) is 13.2 Å². The number of rotatable bonds is 5. The zero-order valence-electron chi connectivity index (χ0n) is 23.7. The molecule has 3 atom stereocenters. The second kappa shape index (κ2) is 13.0. The minimum atomic E-state index is -4.44. The molecule has 10 heteroatoms. The number of halogens is 3. The Labute approximate surface area is 238 Å². The zero-order chi connectivity index (χ0) is 29.7. The molecular formula is C31H37F3N2O5.